The molecule has 1 aromatic rings. The second-order valence-corrected chi connectivity index (χ2v) is 4.30. The van der Waals surface area contributed by atoms with Gasteiger partial charge >= 0.3 is 0 Å². The molecule has 1 saturated heterocycles. The van der Waals surface area contributed by atoms with Crippen molar-refractivity contribution in [3.8, 4) is 0 Å². The van der Waals surface area contributed by atoms with Gasteiger partial charge in [-0.2, -0.15) is 0 Å². The van der Waals surface area contributed by atoms with Crippen LogP contribution in [0.15, 0.2) is 6.08 Å². The van der Waals surface area contributed by atoms with Gasteiger partial charge in [-0.25, -0.2) is 22.0 Å². The van der Waals surface area contributed by atoms with Gasteiger partial charge in [0.05, 0.1) is 18.8 Å². The van der Waals surface area contributed by atoms with Gasteiger partial charge in [0.1, 0.15) is 0 Å². The molecule has 1 aromatic carbocycles. The number of halogens is 6. The van der Waals surface area contributed by atoms with Crippen LogP contribution in [-0.4, -0.2) is 37.7 Å². The maximum Gasteiger partial charge on any atom is 0.200 e. The largest absolute Gasteiger partial charge is 0.379 e. The first-order valence-electron chi connectivity index (χ1n) is 6.00. The Kier molecular flexibility index (Phi) is 6.57. The van der Waals surface area contributed by atoms with Crippen molar-refractivity contribution in [1.29, 1.82) is 0 Å². The highest BCUT2D eigenvalue weighted by Crippen LogP contribution is 2.23. The van der Waals surface area contributed by atoms with Crippen LogP contribution < -0.4 is 0 Å². The zero-order chi connectivity index (χ0) is 14.7. The molecule has 8 heteroatoms. The van der Waals surface area contributed by atoms with Crippen LogP contribution in [0.25, 0.3) is 6.08 Å². The second-order valence-electron chi connectivity index (χ2n) is 4.30. The van der Waals surface area contributed by atoms with E-state index in [1.54, 1.807) is 0 Å². The number of rotatable bonds is 3. The number of ether oxygens (including phenoxy) is 1. The summed E-state index contributed by atoms with van der Waals surface area (Å²) in [5, 5.41) is 0. The van der Waals surface area contributed by atoms with E-state index in [0.29, 0.717) is 32.8 Å². The molecule has 118 valence electrons. The second kappa shape index (κ2) is 7.72. The minimum atomic E-state index is -2.15. The summed E-state index contributed by atoms with van der Waals surface area (Å²) in [4.78, 5) is 1.94. The van der Waals surface area contributed by atoms with E-state index in [1.807, 2.05) is 4.90 Å². The lowest BCUT2D eigenvalue weighted by atomic mass is 10.1. The Morgan fingerprint density at radius 2 is 1.33 bits per heavy atom. The molecular formula is C13H13ClF5NO. The molecule has 0 aromatic heterocycles. The lowest BCUT2D eigenvalue weighted by molar-refractivity contribution is 0.0435. The highest BCUT2D eigenvalue weighted by molar-refractivity contribution is 5.85. The van der Waals surface area contributed by atoms with Gasteiger partial charge in [-0.1, -0.05) is 12.2 Å². The van der Waals surface area contributed by atoms with Gasteiger partial charge in [0.15, 0.2) is 23.3 Å². The van der Waals surface area contributed by atoms with Gasteiger partial charge in [-0.15, -0.1) is 12.4 Å². The molecule has 21 heavy (non-hydrogen) atoms. The van der Waals surface area contributed by atoms with Crippen LogP contribution in [0.1, 0.15) is 5.56 Å². The monoisotopic (exact) mass is 329 g/mol. The maximum absolute atomic E-state index is 13.4. The van der Waals surface area contributed by atoms with Crippen LogP contribution >= 0.6 is 12.4 Å². The summed E-state index contributed by atoms with van der Waals surface area (Å²) < 4.78 is 70.6. The molecule has 0 amide bonds. The lowest BCUT2D eigenvalue weighted by Crippen LogP contribution is -2.36. The third-order valence-corrected chi connectivity index (χ3v) is 3.00. The van der Waals surface area contributed by atoms with Gasteiger partial charge < -0.3 is 4.74 Å². The van der Waals surface area contributed by atoms with Crippen molar-refractivity contribution in [2.24, 2.45) is 0 Å². The molecule has 2 rings (SSSR count). The number of morpholine rings is 1. The van der Waals surface area contributed by atoms with E-state index >= 15 is 0 Å². The predicted molar refractivity (Wildman–Crippen MR) is 69.8 cm³/mol. The quantitative estimate of drug-likeness (QED) is 0.480. The summed E-state index contributed by atoms with van der Waals surface area (Å²) in [7, 11) is 0. The zero-order valence-electron chi connectivity index (χ0n) is 10.8. The van der Waals surface area contributed by atoms with Gasteiger partial charge in [-0.3, -0.25) is 4.90 Å². The average Bonchev–Trinajstić information content (AvgIpc) is 2.48. The summed E-state index contributed by atoms with van der Waals surface area (Å²) in [6.07, 6.45) is 2.27. The molecule has 0 N–H and O–H groups in total. The third kappa shape index (κ3) is 3.93. The Morgan fingerprint density at radius 3 is 1.86 bits per heavy atom. The molecule has 0 radical (unpaired) electrons. The molecular weight excluding hydrogens is 317 g/mol. The smallest absolute Gasteiger partial charge is 0.200 e. The summed E-state index contributed by atoms with van der Waals surface area (Å²) in [5.41, 5.74) is -0.922. The minimum Gasteiger partial charge on any atom is -0.379 e. The van der Waals surface area contributed by atoms with Crippen molar-refractivity contribution in [1.82, 2.24) is 4.90 Å². The van der Waals surface area contributed by atoms with Crippen LogP contribution in [0.2, 0.25) is 0 Å². The topological polar surface area (TPSA) is 12.5 Å². The molecule has 0 aliphatic carbocycles. The molecule has 0 saturated carbocycles. The Labute approximate surface area is 124 Å². The van der Waals surface area contributed by atoms with Crippen molar-refractivity contribution < 1.29 is 26.7 Å². The molecule has 1 fully saturated rings. The highest BCUT2D eigenvalue weighted by Gasteiger charge is 2.24. The standard InChI is InChI=1S/C13H12F5NO.ClH/c14-9-8(10(15)12(17)13(18)11(9)16)2-1-3-19-4-6-20-7-5-19;/h1-2H,3-7H2;1H. The van der Waals surface area contributed by atoms with Gasteiger partial charge in [0.2, 0.25) is 5.82 Å². The molecule has 0 bridgehead atoms. The predicted octanol–water partition coefficient (Wildman–Crippen LogP) is 3.15. The van der Waals surface area contributed by atoms with Crippen LogP contribution in [0.3, 0.4) is 0 Å². The van der Waals surface area contributed by atoms with Gasteiger partial charge in [0, 0.05) is 19.6 Å². The summed E-state index contributed by atoms with van der Waals surface area (Å²) >= 11 is 0. The Morgan fingerprint density at radius 1 is 0.857 bits per heavy atom. The number of hydrogen-bond acceptors (Lipinski definition) is 2. The summed E-state index contributed by atoms with van der Waals surface area (Å²) in [6, 6.07) is 0. The molecule has 0 atom stereocenters. The van der Waals surface area contributed by atoms with E-state index in [1.165, 1.54) is 6.08 Å². The Balaban J connectivity index is 0.00000220. The van der Waals surface area contributed by atoms with E-state index in [0.717, 1.165) is 6.08 Å². The average molecular weight is 330 g/mol. The zero-order valence-corrected chi connectivity index (χ0v) is 11.7. The van der Waals surface area contributed by atoms with Crippen LogP contribution in [0.5, 0.6) is 0 Å². The fraction of sp³-hybridized carbons (Fsp3) is 0.385. The van der Waals surface area contributed by atoms with Crippen LogP contribution in [0, 0.1) is 29.1 Å². The van der Waals surface area contributed by atoms with Crippen molar-refractivity contribution in [3.63, 3.8) is 0 Å². The maximum atomic E-state index is 13.4. The molecule has 0 unspecified atom stereocenters. The summed E-state index contributed by atoms with van der Waals surface area (Å²) in [6.45, 7) is 2.76. The lowest BCUT2D eigenvalue weighted by Gasteiger charge is -2.25. The Hall–Kier alpha value is -1.18. The molecule has 1 aliphatic rings. The summed E-state index contributed by atoms with van der Waals surface area (Å²) in [5.74, 6) is -9.66. The van der Waals surface area contributed by atoms with E-state index < -0.39 is 34.6 Å². The van der Waals surface area contributed by atoms with Crippen molar-refractivity contribution in [2.45, 2.75) is 0 Å². The fourth-order valence-electron chi connectivity index (χ4n) is 1.87. The van der Waals surface area contributed by atoms with Gasteiger partial charge in [0.25, 0.3) is 0 Å². The van der Waals surface area contributed by atoms with Crippen molar-refractivity contribution in [3.05, 3.63) is 40.7 Å². The number of nitrogens with zero attached hydrogens (tertiary/aromatic N) is 1. The first-order chi connectivity index (χ1) is 9.52. The van der Waals surface area contributed by atoms with E-state index in [4.69, 9.17) is 4.74 Å². The minimum absolute atomic E-state index is 0. The molecule has 1 aliphatic heterocycles. The van der Waals surface area contributed by atoms with E-state index in [2.05, 4.69) is 0 Å². The highest BCUT2D eigenvalue weighted by atomic mass is 35.5. The van der Waals surface area contributed by atoms with Crippen molar-refractivity contribution >= 4 is 18.5 Å². The van der Waals surface area contributed by atoms with Gasteiger partial charge in [-0.05, 0) is 0 Å². The van der Waals surface area contributed by atoms with E-state index in [-0.39, 0.29) is 12.4 Å². The number of hydrogen-bond donors (Lipinski definition) is 0. The number of benzene rings is 1. The SMILES string of the molecule is Cl.Fc1c(F)c(F)c(C=CCN2CCOCC2)c(F)c1F. The molecule has 0 spiro atoms. The van der Waals surface area contributed by atoms with E-state index in [9.17, 15) is 22.0 Å². The first-order valence-corrected chi connectivity index (χ1v) is 6.00. The van der Waals surface area contributed by atoms with Crippen LogP contribution in [-0.2, 0) is 4.74 Å². The normalized spacial score (nSPS) is 16.2. The molecule has 1 heterocycles. The fourth-order valence-corrected chi connectivity index (χ4v) is 1.87. The van der Waals surface area contributed by atoms with Crippen molar-refractivity contribution in [2.75, 3.05) is 32.8 Å². The third-order valence-electron chi connectivity index (χ3n) is 3.00. The van der Waals surface area contributed by atoms with Crippen LogP contribution in [0.4, 0.5) is 22.0 Å². The molecule has 2 nitrogen and oxygen atoms in total. The first kappa shape index (κ1) is 17.9. The Bertz CT molecular complexity index is 503.